The number of likely N-dealkylation sites (tertiary alicyclic amines) is 1. The third-order valence-electron chi connectivity index (χ3n) is 5.21. The average Bonchev–Trinajstić information content (AvgIpc) is 3.17. The minimum absolute atomic E-state index is 0.00810. The molecule has 0 radical (unpaired) electrons. The number of amides is 1. The summed E-state index contributed by atoms with van der Waals surface area (Å²) in [5.41, 5.74) is 1.82. The molecule has 1 aliphatic heterocycles. The highest BCUT2D eigenvalue weighted by Gasteiger charge is 2.32. The third-order valence-corrected chi connectivity index (χ3v) is 5.21. The number of anilines is 1. The van der Waals surface area contributed by atoms with Crippen LogP contribution in [0.5, 0.6) is 0 Å². The molecule has 4 rings (SSSR count). The van der Waals surface area contributed by atoms with Gasteiger partial charge in [0.1, 0.15) is 6.04 Å². The summed E-state index contributed by atoms with van der Waals surface area (Å²) in [6, 6.07) is 19.2. The first-order chi connectivity index (χ1) is 13.7. The second-order valence-corrected chi connectivity index (χ2v) is 7.15. The van der Waals surface area contributed by atoms with Gasteiger partial charge in [-0.25, -0.2) is 0 Å². The Morgan fingerprint density at radius 1 is 1.07 bits per heavy atom. The van der Waals surface area contributed by atoms with Crippen LogP contribution >= 0.6 is 0 Å². The highest BCUT2D eigenvalue weighted by Crippen LogP contribution is 2.32. The fourth-order valence-corrected chi connectivity index (χ4v) is 3.79. The highest BCUT2D eigenvalue weighted by atomic mass is 16.5. The standard InChI is InChI=1S/C22H24N4O2/c1-16-23-21(25-28-16)18-12-14-26(15-13-18)20(17-8-4-2-5-9-17)22(27)24-19-10-6-3-7-11-19/h2-11,18,20H,12-15H2,1H3,(H,24,27)/t20-/m0/s1. The van der Waals surface area contributed by atoms with Gasteiger partial charge in [0.2, 0.25) is 11.8 Å². The van der Waals surface area contributed by atoms with Crippen molar-refractivity contribution in [3.8, 4) is 0 Å². The summed E-state index contributed by atoms with van der Waals surface area (Å²) in [5.74, 6) is 1.65. The molecule has 1 saturated heterocycles. The summed E-state index contributed by atoms with van der Waals surface area (Å²) >= 11 is 0. The van der Waals surface area contributed by atoms with Crippen molar-refractivity contribution in [2.45, 2.75) is 31.7 Å². The fourth-order valence-electron chi connectivity index (χ4n) is 3.79. The van der Waals surface area contributed by atoms with Crippen LogP contribution in [0, 0.1) is 6.92 Å². The van der Waals surface area contributed by atoms with Gasteiger partial charge in [0, 0.05) is 18.5 Å². The molecule has 0 saturated carbocycles. The number of nitrogens with one attached hydrogen (secondary N) is 1. The number of para-hydroxylation sites is 1. The molecule has 1 N–H and O–H groups in total. The van der Waals surface area contributed by atoms with Gasteiger partial charge in [-0.2, -0.15) is 4.98 Å². The zero-order valence-electron chi connectivity index (χ0n) is 15.9. The first kappa shape index (κ1) is 18.4. The highest BCUT2D eigenvalue weighted by molar-refractivity contribution is 5.95. The predicted molar refractivity (Wildman–Crippen MR) is 107 cm³/mol. The number of benzene rings is 2. The van der Waals surface area contributed by atoms with Gasteiger partial charge in [-0.15, -0.1) is 0 Å². The second kappa shape index (κ2) is 8.35. The van der Waals surface area contributed by atoms with Gasteiger partial charge in [-0.1, -0.05) is 53.7 Å². The fraction of sp³-hybridized carbons (Fsp3) is 0.318. The Kier molecular flexibility index (Phi) is 5.48. The summed E-state index contributed by atoms with van der Waals surface area (Å²) in [6.45, 7) is 3.42. The van der Waals surface area contributed by atoms with E-state index in [2.05, 4.69) is 20.4 Å². The summed E-state index contributed by atoms with van der Waals surface area (Å²) in [4.78, 5) is 19.8. The van der Waals surface area contributed by atoms with Gasteiger partial charge in [0.15, 0.2) is 5.82 Å². The van der Waals surface area contributed by atoms with Crippen LogP contribution in [0.25, 0.3) is 0 Å². The minimum atomic E-state index is -0.325. The van der Waals surface area contributed by atoms with Crippen LogP contribution in [0.15, 0.2) is 65.2 Å². The molecule has 6 heteroatoms. The number of aryl methyl sites for hydroxylation is 1. The number of nitrogens with zero attached hydrogens (tertiary/aromatic N) is 3. The van der Waals surface area contributed by atoms with E-state index >= 15 is 0 Å². The van der Waals surface area contributed by atoms with E-state index in [0.717, 1.165) is 43.0 Å². The van der Waals surface area contributed by atoms with Gasteiger partial charge in [0.25, 0.3) is 0 Å². The molecule has 0 bridgehead atoms. The largest absolute Gasteiger partial charge is 0.340 e. The molecule has 144 valence electrons. The van der Waals surface area contributed by atoms with E-state index in [1.807, 2.05) is 67.6 Å². The van der Waals surface area contributed by atoms with Crippen molar-refractivity contribution in [2.75, 3.05) is 18.4 Å². The van der Waals surface area contributed by atoms with E-state index in [0.29, 0.717) is 5.89 Å². The number of piperidine rings is 1. The lowest BCUT2D eigenvalue weighted by molar-refractivity contribution is -0.122. The number of hydrogen-bond acceptors (Lipinski definition) is 5. The van der Waals surface area contributed by atoms with Crippen LogP contribution in [0.3, 0.4) is 0 Å². The Hall–Kier alpha value is -2.99. The Morgan fingerprint density at radius 3 is 2.32 bits per heavy atom. The Bertz CT molecular complexity index is 903. The van der Waals surface area contributed by atoms with Crippen LogP contribution < -0.4 is 5.32 Å². The molecule has 0 aliphatic carbocycles. The number of rotatable bonds is 5. The molecule has 1 amide bonds. The van der Waals surface area contributed by atoms with Crippen LogP contribution in [-0.4, -0.2) is 34.0 Å². The zero-order chi connectivity index (χ0) is 19.3. The van der Waals surface area contributed by atoms with Gasteiger partial charge in [-0.3, -0.25) is 9.69 Å². The van der Waals surface area contributed by atoms with Crippen molar-refractivity contribution in [2.24, 2.45) is 0 Å². The maximum Gasteiger partial charge on any atom is 0.246 e. The number of aromatic nitrogens is 2. The zero-order valence-corrected chi connectivity index (χ0v) is 15.9. The summed E-state index contributed by atoms with van der Waals surface area (Å²) in [7, 11) is 0. The Labute approximate surface area is 164 Å². The van der Waals surface area contributed by atoms with Crippen LogP contribution in [0.4, 0.5) is 5.69 Å². The number of carbonyl (C=O) groups is 1. The minimum Gasteiger partial charge on any atom is -0.340 e. The third kappa shape index (κ3) is 4.12. The average molecular weight is 376 g/mol. The molecule has 3 aromatic rings. The molecule has 1 atom stereocenters. The lowest BCUT2D eigenvalue weighted by Gasteiger charge is -2.36. The van der Waals surface area contributed by atoms with E-state index < -0.39 is 0 Å². The molecular weight excluding hydrogens is 352 g/mol. The van der Waals surface area contributed by atoms with Crippen molar-refractivity contribution in [3.63, 3.8) is 0 Å². The Morgan fingerprint density at radius 2 is 1.71 bits per heavy atom. The van der Waals surface area contributed by atoms with Crippen LogP contribution in [-0.2, 0) is 4.79 Å². The predicted octanol–water partition coefficient (Wildman–Crippen LogP) is 3.94. The molecule has 6 nitrogen and oxygen atoms in total. The van der Waals surface area contributed by atoms with Crippen LogP contribution in [0.1, 0.15) is 42.1 Å². The lowest BCUT2D eigenvalue weighted by Crippen LogP contribution is -2.41. The maximum atomic E-state index is 13.2. The van der Waals surface area contributed by atoms with Crippen molar-refractivity contribution in [1.82, 2.24) is 15.0 Å². The van der Waals surface area contributed by atoms with Gasteiger partial charge < -0.3 is 9.84 Å². The molecule has 28 heavy (non-hydrogen) atoms. The monoisotopic (exact) mass is 376 g/mol. The lowest BCUT2D eigenvalue weighted by atomic mass is 9.93. The van der Waals surface area contributed by atoms with E-state index in [-0.39, 0.29) is 17.9 Å². The van der Waals surface area contributed by atoms with Crippen molar-refractivity contribution >= 4 is 11.6 Å². The van der Waals surface area contributed by atoms with Gasteiger partial charge >= 0.3 is 0 Å². The maximum absolute atomic E-state index is 13.2. The molecule has 2 heterocycles. The van der Waals surface area contributed by atoms with Gasteiger partial charge in [-0.05, 0) is 43.6 Å². The number of carbonyl (C=O) groups excluding carboxylic acids is 1. The summed E-state index contributed by atoms with van der Waals surface area (Å²) in [6.07, 6.45) is 1.81. The Balaban J connectivity index is 1.50. The normalized spacial score (nSPS) is 16.6. The topological polar surface area (TPSA) is 71.3 Å². The van der Waals surface area contributed by atoms with E-state index in [9.17, 15) is 4.79 Å². The molecule has 1 aliphatic rings. The quantitative estimate of drug-likeness (QED) is 0.730. The summed E-state index contributed by atoms with van der Waals surface area (Å²) < 4.78 is 5.13. The van der Waals surface area contributed by atoms with Crippen molar-refractivity contribution in [1.29, 1.82) is 0 Å². The molecular formula is C22H24N4O2. The number of hydrogen-bond donors (Lipinski definition) is 1. The van der Waals surface area contributed by atoms with Gasteiger partial charge in [0.05, 0.1) is 0 Å². The van der Waals surface area contributed by atoms with Crippen LogP contribution in [0.2, 0.25) is 0 Å². The SMILES string of the molecule is Cc1nc(C2CCN([C@H](C(=O)Nc3ccccc3)c3ccccc3)CC2)no1. The van der Waals surface area contributed by atoms with Crippen molar-refractivity contribution in [3.05, 3.63) is 77.9 Å². The smallest absolute Gasteiger partial charge is 0.246 e. The van der Waals surface area contributed by atoms with E-state index in [1.54, 1.807) is 0 Å². The van der Waals surface area contributed by atoms with E-state index in [4.69, 9.17) is 4.52 Å². The molecule has 1 aromatic heterocycles. The summed E-state index contributed by atoms with van der Waals surface area (Å²) in [5, 5.41) is 7.14. The van der Waals surface area contributed by atoms with E-state index in [1.165, 1.54) is 0 Å². The second-order valence-electron chi connectivity index (χ2n) is 7.15. The first-order valence-corrected chi connectivity index (χ1v) is 9.66. The molecule has 2 aromatic carbocycles. The van der Waals surface area contributed by atoms with Crippen molar-refractivity contribution < 1.29 is 9.32 Å². The molecule has 1 fully saturated rings. The molecule has 0 unspecified atom stereocenters. The first-order valence-electron chi connectivity index (χ1n) is 9.66. The molecule has 0 spiro atoms.